The Balaban J connectivity index is 2.10. The molecule has 0 aliphatic heterocycles. The maximum Gasteiger partial charge on any atom is 0.251 e. The third-order valence-corrected chi connectivity index (χ3v) is 3.70. The van der Waals surface area contributed by atoms with Crippen LogP contribution in [0.15, 0.2) is 45.3 Å². The van der Waals surface area contributed by atoms with Crippen molar-refractivity contribution in [2.24, 2.45) is 0 Å². The summed E-state index contributed by atoms with van der Waals surface area (Å²) in [5, 5.41) is 2.72. The highest BCUT2D eigenvalue weighted by Crippen LogP contribution is 2.17. The van der Waals surface area contributed by atoms with Gasteiger partial charge in [0.15, 0.2) is 0 Å². The summed E-state index contributed by atoms with van der Waals surface area (Å²) in [6, 6.07) is 10.1. The Kier molecular flexibility index (Phi) is 4.94. The molecule has 0 saturated carbocycles. The van der Waals surface area contributed by atoms with Crippen LogP contribution in [0, 0.1) is 12.7 Å². The van der Waals surface area contributed by atoms with Gasteiger partial charge in [-0.25, -0.2) is 4.39 Å². The molecule has 0 saturated heterocycles. The van der Waals surface area contributed by atoms with E-state index in [2.05, 4.69) is 37.2 Å². The summed E-state index contributed by atoms with van der Waals surface area (Å²) in [4.78, 5) is 12.1. The Morgan fingerprint density at radius 1 is 1.15 bits per heavy atom. The van der Waals surface area contributed by atoms with Gasteiger partial charge >= 0.3 is 0 Å². The lowest BCUT2D eigenvalue weighted by molar-refractivity contribution is 0.0950. The lowest BCUT2D eigenvalue weighted by Gasteiger charge is -2.08. The summed E-state index contributed by atoms with van der Waals surface area (Å²) in [6.07, 6.45) is 0. The molecule has 2 nitrogen and oxygen atoms in total. The average molecular weight is 401 g/mol. The van der Waals surface area contributed by atoms with Gasteiger partial charge in [-0.1, -0.05) is 31.9 Å². The van der Waals surface area contributed by atoms with Crippen LogP contribution in [0.1, 0.15) is 21.5 Å². The minimum atomic E-state index is -0.334. The van der Waals surface area contributed by atoms with Crippen LogP contribution in [-0.4, -0.2) is 5.91 Å². The molecule has 0 radical (unpaired) electrons. The third-order valence-electron chi connectivity index (χ3n) is 2.75. The van der Waals surface area contributed by atoms with Gasteiger partial charge < -0.3 is 5.32 Å². The van der Waals surface area contributed by atoms with E-state index in [0.29, 0.717) is 11.1 Å². The number of carbonyl (C=O) groups is 1. The second-order valence-electron chi connectivity index (χ2n) is 4.44. The summed E-state index contributed by atoms with van der Waals surface area (Å²) in [7, 11) is 0. The van der Waals surface area contributed by atoms with Crippen LogP contribution in [0.2, 0.25) is 0 Å². The minimum Gasteiger partial charge on any atom is -0.348 e. The summed E-state index contributed by atoms with van der Waals surface area (Å²) >= 11 is 6.63. The predicted octanol–water partition coefficient (Wildman–Crippen LogP) is 4.59. The molecular formula is C15H12Br2FNO. The molecule has 1 amide bonds. The quantitative estimate of drug-likeness (QED) is 0.802. The van der Waals surface area contributed by atoms with Gasteiger partial charge in [-0.3, -0.25) is 4.79 Å². The van der Waals surface area contributed by atoms with Crippen molar-refractivity contribution >= 4 is 37.8 Å². The normalized spacial score (nSPS) is 10.4. The van der Waals surface area contributed by atoms with Gasteiger partial charge in [0.25, 0.3) is 5.91 Å². The number of nitrogens with one attached hydrogen (secondary N) is 1. The monoisotopic (exact) mass is 399 g/mol. The molecule has 0 heterocycles. The van der Waals surface area contributed by atoms with Crippen LogP contribution < -0.4 is 5.32 Å². The van der Waals surface area contributed by atoms with E-state index in [9.17, 15) is 9.18 Å². The molecule has 0 aromatic heterocycles. The maximum absolute atomic E-state index is 13.6. The number of amides is 1. The highest BCUT2D eigenvalue weighted by Gasteiger charge is 2.09. The second kappa shape index (κ2) is 6.50. The molecule has 20 heavy (non-hydrogen) atoms. The van der Waals surface area contributed by atoms with Crippen LogP contribution in [0.4, 0.5) is 4.39 Å². The molecule has 0 fully saturated rings. The number of benzene rings is 2. The van der Waals surface area contributed by atoms with Crippen LogP contribution in [0.25, 0.3) is 0 Å². The Bertz CT molecular complexity index is 638. The average Bonchev–Trinajstić information content (AvgIpc) is 2.38. The molecule has 0 aliphatic carbocycles. The number of hydrogen-bond acceptors (Lipinski definition) is 1. The number of rotatable bonds is 3. The highest BCUT2D eigenvalue weighted by molar-refractivity contribution is 9.10. The molecule has 2 aromatic carbocycles. The van der Waals surface area contributed by atoms with Crippen molar-refractivity contribution in [3.05, 3.63) is 67.9 Å². The van der Waals surface area contributed by atoms with Crippen molar-refractivity contribution in [2.75, 3.05) is 0 Å². The Labute approximate surface area is 133 Å². The highest BCUT2D eigenvalue weighted by atomic mass is 79.9. The van der Waals surface area contributed by atoms with E-state index in [0.717, 1.165) is 14.5 Å². The summed E-state index contributed by atoms with van der Waals surface area (Å²) < 4.78 is 15.2. The van der Waals surface area contributed by atoms with E-state index >= 15 is 0 Å². The molecule has 0 spiro atoms. The Morgan fingerprint density at radius 3 is 2.60 bits per heavy atom. The van der Waals surface area contributed by atoms with E-state index in [1.807, 2.05) is 13.0 Å². The smallest absolute Gasteiger partial charge is 0.251 e. The van der Waals surface area contributed by atoms with Crippen LogP contribution in [0.5, 0.6) is 0 Å². The van der Waals surface area contributed by atoms with Crippen molar-refractivity contribution in [1.29, 1.82) is 0 Å². The van der Waals surface area contributed by atoms with Crippen molar-refractivity contribution in [2.45, 2.75) is 13.5 Å². The molecule has 5 heteroatoms. The van der Waals surface area contributed by atoms with Gasteiger partial charge in [-0.2, -0.15) is 0 Å². The molecule has 2 aromatic rings. The zero-order valence-electron chi connectivity index (χ0n) is 10.7. The van der Waals surface area contributed by atoms with Crippen LogP contribution in [0.3, 0.4) is 0 Å². The minimum absolute atomic E-state index is 0.148. The number of hydrogen-bond donors (Lipinski definition) is 1. The largest absolute Gasteiger partial charge is 0.348 e. The lowest BCUT2D eigenvalue weighted by atomic mass is 10.1. The number of aryl methyl sites for hydroxylation is 1. The van der Waals surface area contributed by atoms with Crippen LogP contribution >= 0.6 is 31.9 Å². The molecular weight excluding hydrogens is 389 g/mol. The predicted molar refractivity (Wildman–Crippen MR) is 84.1 cm³/mol. The Morgan fingerprint density at radius 2 is 1.90 bits per heavy atom. The summed E-state index contributed by atoms with van der Waals surface area (Å²) in [5.41, 5.74) is 1.98. The van der Waals surface area contributed by atoms with Gasteiger partial charge in [-0.05, 0) is 48.9 Å². The first-order valence-electron chi connectivity index (χ1n) is 5.95. The first kappa shape index (κ1) is 15.2. The van der Waals surface area contributed by atoms with Gasteiger partial charge in [-0.15, -0.1) is 0 Å². The van der Waals surface area contributed by atoms with Gasteiger partial charge in [0.1, 0.15) is 5.82 Å². The summed E-state index contributed by atoms with van der Waals surface area (Å²) in [5.74, 6) is -0.562. The first-order valence-corrected chi connectivity index (χ1v) is 7.53. The van der Waals surface area contributed by atoms with Gasteiger partial charge in [0.05, 0.1) is 0 Å². The number of halogens is 3. The molecule has 0 aliphatic rings. The fourth-order valence-electron chi connectivity index (χ4n) is 1.82. The van der Waals surface area contributed by atoms with Crippen molar-refractivity contribution in [1.82, 2.24) is 5.32 Å². The SMILES string of the molecule is Cc1cc(Br)cc(C(=O)NCc2cc(Br)ccc2F)c1. The van der Waals surface area contributed by atoms with E-state index in [1.54, 1.807) is 24.3 Å². The molecule has 104 valence electrons. The molecule has 1 N–H and O–H groups in total. The van der Waals surface area contributed by atoms with E-state index in [4.69, 9.17) is 0 Å². The van der Waals surface area contributed by atoms with E-state index < -0.39 is 0 Å². The molecule has 2 rings (SSSR count). The van der Waals surface area contributed by atoms with Gasteiger partial charge in [0, 0.05) is 26.6 Å². The van der Waals surface area contributed by atoms with Crippen molar-refractivity contribution < 1.29 is 9.18 Å². The Hall–Kier alpha value is -1.20. The zero-order valence-corrected chi connectivity index (χ0v) is 13.9. The van der Waals surface area contributed by atoms with Crippen molar-refractivity contribution in [3.8, 4) is 0 Å². The third kappa shape index (κ3) is 3.90. The zero-order chi connectivity index (χ0) is 14.7. The molecule has 0 unspecified atom stereocenters. The van der Waals surface area contributed by atoms with Crippen LogP contribution in [-0.2, 0) is 6.54 Å². The first-order chi connectivity index (χ1) is 9.45. The van der Waals surface area contributed by atoms with E-state index in [1.165, 1.54) is 6.07 Å². The second-order valence-corrected chi connectivity index (χ2v) is 6.27. The topological polar surface area (TPSA) is 29.1 Å². The standard InChI is InChI=1S/C15H12Br2FNO/c1-9-4-10(6-13(17)5-9)15(20)19-8-11-7-12(16)2-3-14(11)18/h2-7H,8H2,1H3,(H,19,20). The van der Waals surface area contributed by atoms with E-state index in [-0.39, 0.29) is 18.3 Å². The maximum atomic E-state index is 13.6. The fourth-order valence-corrected chi connectivity index (χ4v) is 2.84. The fraction of sp³-hybridized carbons (Fsp3) is 0.133. The number of carbonyl (C=O) groups excluding carboxylic acids is 1. The lowest BCUT2D eigenvalue weighted by Crippen LogP contribution is -2.23. The molecule has 0 atom stereocenters. The summed E-state index contributed by atoms with van der Waals surface area (Å²) in [6.45, 7) is 2.06. The van der Waals surface area contributed by atoms with Gasteiger partial charge in [0.2, 0.25) is 0 Å². The molecule has 0 bridgehead atoms. The van der Waals surface area contributed by atoms with Crippen molar-refractivity contribution in [3.63, 3.8) is 0 Å².